The maximum absolute atomic E-state index is 13.1. The molecule has 0 aliphatic carbocycles. The van der Waals surface area contributed by atoms with Crippen LogP contribution in [0.2, 0.25) is 0 Å². The molecular formula is C14H22BrFN2. The molecule has 0 aromatic heterocycles. The number of halogens is 2. The molecule has 1 aromatic carbocycles. The zero-order valence-corrected chi connectivity index (χ0v) is 13.1. The third-order valence-electron chi connectivity index (χ3n) is 2.59. The second-order valence-electron chi connectivity index (χ2n) is 5.66. The van der Waals surface area contributed by atoms with Crippen molar-refractivity contribution < 1.29 is 4.39 Å². The number of nitrogens with one attached hydrogen (secondary N) is 1. The number of rotatable bonds is 5. The lowest BCUT2D eigenvalue weighted by molar-refractivity contribution is 0.303. The van der Waals surface area contributed by atoms with E-state index in [-0.39, 0.29) is 11.4 Å². The van der Waals surface area contributed by atoms with Crippen LogP contribution in [0.3, 0.4) is 0 Å². The Morgan fingerprint density at radius 2 is 2.00 bits per heavy atom. The molecule has 0 aliphatic rings. The van der Waals surface area contributed by atoms with Gasteiger partial charge in [-0.15, -0.1) is 0 Å². The first-order valence-electron chi connectivity index (χ1n) is 6.15. The second-order valence-corrected chi connectivity index (χ2v) is 6.52. The topological polar surface area (TPSA) is 15.3 Å². The fourth-order valence-electron chi connectivity index (χ4n) is 1.65. The zero-order valence-electron chi connectivity index (χ0n) is 11.6. The second kappa shape index (κ2) is 6.64. The first-order chi connectivity index (χ1) is 8.28. The van der Waals surface area contributed by atoms with Gasteiger partial charge in [-0.05, 0) is 61.4 Å². The van der Waals surface area contributed by atoms with Crippen molar-refractivity contribution in [2.75, 3.05) is 20.1 Å². The van der Waals surface area contributed by atoms with Crippen LogP contribution in [0.25, 0.3) is 0 Å². The lowest BCUT2D eigenvalue weighted by atomic mass is 10.1. The number of benzene rings is 1. The Balaban J connectivity index is 2.40. The minimum atomic E-state index is -0.212. The molecule has 0 saturated carbocycles. The molecule has 0 unspecified atom stereocenters. The summed E-state index contributed by atoms with van der Waals surface area (Å²) in [4.78, 5) is 2.22. The minimum Gasteiger partial charge on any atom is -0.311 e. The van der Waals surface area contributed by atoms with Crippen molar-refractivity contribution in [1.29, 1.82) is 0 Å². The fourth-order valence-corrected chi connectivity index (χ4v) is 2.08. The Kier molecular flexibility index (Phi) is 5.76. The van der Waals surface area contributed by atoms with Gasteiger partial charge in [0.25, 0.3) is 0 Å². The van der Waals surface area contributed by atoms with Crippen LogP contribution in [0.5, 0.6) is 0 Å². The maximum Gasteiger partial charge on any atom is 0.137 e. The van der Waals surface area contributed by atoms with Crippen LogP contribution in [-0.2, 0) is 6.54 Å². The molecule has 0 radical (unpaired) electrons. The monoisotopic (exact) mass is 316 g/mol. The van der Waals surface area contributed by atoms with Crippen molar-refractivity contribution in [3.8, 4) is 0 Å². The minimum absolute atomic E-state index is 0.153. The average molecular weight is 317 g/mol. The summed E-state index contributed by atoms with van der Waals surface area (Å²) in [5, 5.41) is 3.45. The molecule has 1 N–H and O–H groups in total. The van der Waals surface area contributed by atoms with E-state index < -0.39 is 0 Å². The summed E-state index contributed by atoms with van der Waals surface area (Å²) < 4.78 is 13.6. The Labute approximate surface area is 118 Å². The van der Waals surface area contributed by atoms with Gasteiger partial charge in [-0.2, -0.15) is 0 Å². The molecule has 1 rings (SSSR count). The van der Waals surface area contributed by atoms with E-state index in [1.165, 1.54) is 6.07 Å². The molecule has 18 heavy (non-hydrogen) atoms. The summed E-state index contributed by atoms with van der Waals surface area (Å²) in [5.74, 6) is -0.212. The molecule has 102 valence electrons. The summed E-state index contributed by atoms with van der Waals surface area (Å²) in [7, 11) is 2.07. The maximum atomic E-state index is 13.1. The van der Waals surface area contributed by atoms with Crippen molar-refractivity contribution in [1.82, 2.24) is 10.2 Å². The van der Waals surface area contributed by atoms with Gasteiger partial charge in [0, 0.05) is 25.2 Å². The predicted molar refractivity (Wildman–Crippen MR) is 78.2 cm³/mol. The Bertz CT molecular complexity index is 388. The molecule has 0 aliphatic heterocycles. The zero-order chi connectivity index (χ0) is 13.8. The largest absolute Gasteiger partial charge is 0.311 e. The highest BCUT2D eigenvalue weighted by atomic mass is 79.9. The van der Waals surface area contributed by atoms with Crippen LogP contribution >= 0.6 is 15.9 Å². The Morgan fingerprint density at radius 1 is 1.33 bits per heavy atom. The van der Waals surface area contributed by atoms with E-state index in [4.69, 9.17) is 0 Å². The number of nitrogens with zero attached hydrogens (tertiary/aromatic N) is 1. The van der Waals surface area contributed by atoms with Crippen LogP contribution < -0.4 is 5.32 Å². The highest BCUT2D eigenvalue weighted by Gasteiger charge is 2.09. The van der Waals surface area contributed by atoms with Crippen LogP contribution in [0.1, 0.15) is 26.3 Å². The Hall–Kier alpha value is -0.450. The van der Waals surface area contributed by atoms with Gasteiger partial charge in [-0.25, -0.2) is 4.39 Å². The van der Waals surface area contributed by atoms with Gasteiger partial charge in [0.2, 0.25) is 0 Å². The lowest BCUT2D eigenvalue weighted by Gasteiger charge is -2.23. The smallest absolute Gasteiger partial charge is 0.137 e. The summed E-state index contributed by atoms with van der Waals surface area (Å²) in [6.07, 6.45) is 0. The van der Waals surface area contributed by atoms with Gasteiger partial charge in [0.05, 0.1) is 4.47 Å². The van der Waals surface area contributed by atoms with E-state index in [1.54, 1.807) is 0 Å². The van der Waals surface area contributed by atoms with Gasteiger partial charge in [0.15, 0.2) is 0 Å². The van der Waals surface area contributed by atoms with E-state index in [9.17, 15) is 4.39 Å². The normalized spacial score (nSPS) is 12.2. The lowest BCUT2D eigenvalue weighted by Crippen LogP contribution is -2.40. The average Bonchev–Trinajstić information content (AvgIpc) is 2.21. The SMILES string of the molecule is CN(CCNC(C)(C)C)Cc1ccc(F)c(Br)c1. The molecule has 0 spiro atoms. The number of likely N-dealkylation sites (N-methyl/N-ethyl adjacent to an activating group) is 1. The highest BCUT2D eigenvalue weighted by Crippen LogP contribution is 2.17. The van der Waals surface area contributed by atoms with Crippen LogP contribution in [0, 0.1) is 5.82 Å². The summed E-state index contributed by atoms with van der Waals surface area (Å²) in [6.45, 7) is 9.21. The van der Waals surface area contributed by atoms with Crippen LogP contribution in [0.15, 0.2) is 22.7 Å². The summed E-state index contributed by atoms with van der Waals surface area (Å²) >= 11 is 3.21. The summed E-state index contributed by atoms with van der Waals surface area (Å²) in [6, 6.07) is 5.16. The van der Waals surface area contributed by atoms with Gasteiger partial charge in [-0.3, -0.25) is 0 Å². The van der Waals surface area contributed by atoms with E-state index >= 15 is 0 Å². The van der Waals surface area contributed by atoms with Gasteiger partial charge < -0.3 is 10.2 Å². The van der Waals surface area contributed by atoms with Gasteiger partial charge in [0.1, 0.15) is 5.82 Å². The van der Waals surface area contributed by atoms with E-state index in [2.05, 4.69) is 54.0 Å². The molecule has 0 saturated heterocycles. The number of hydrogen-bond donors (Lipinski definition) is 1. The molecule has 4 heteroatoms. The molecule has 0 amide bonds. The van der Waals surface area contributed by atoms with Crippen molar-refractivity contribution >= 4 is 15.9 Å². The fraction of sp³-hybridized carbons (Fsp3) is 0.571. The van der Waals surface area contributed by atoms with Crippen molar-refractivity contribution in [3.63, 3.8) is 0 Å². The first kappa shape index (κ1) is 15.6. The van der Waals surface area contributed by atoms with Gasteiger partial charge in [-0.1, -0.05) is 6.07 Å². The molecule has 2 nitrogen and oxygen atoms in total. The van der Waals surface area contributed by atoms with Crippen molar-refractivity contribution in [2.45, 2.75) is 32.9 Å². The quantitative estimate of drug-likeness (QED) is 0.895. The van der Waals surface area contributed by atoms with Crippen LogP contribution in [-0.4, -0.2) is 30.6 Å². The molecular weight excluding hydrogens is 295 g/mol. The third kappa shape index (κ3) is 5.94. The van der Waals surface area contributed by atoms with Crippen molar-refractivity contribution in [2.24, 2.45) is 0 Å². The summed E-state index contributed by atoms with van der Waals surface area (Å²) in [5.41, 5.74) is 1.27. The standard InChI is InChI=1S/C14H22BrFN2/c1-14(2,3)17-7-8-18(4)10-11-5-6-13(16)12(15)9-11/h5-6,9,17H,7-8,10H2,1-4H3. The predicted octanol–water partition coefficient (Wildman–Crippen LogP) is 3.41. The van der Waals surface area contributed by atoms with E-state index in [0.717, 1.165) is 25.2 Å². The van der Waals surface area contributed by atoms with Gasteiger partial charge >= 0.3 is 0 Å². The molecule has 0 fully saturated rings. The van der Waals surface area contributed by atoms with E-state index in [0.29, 0.717) is 4.47 Å². The Morgan fingerprint density at radius 3 is 2.56 bits per heavy atom. The first-order valence-corrected chi connectivity index (χ1v) is 6.95. The highest BCUT2D eigenvalue weighted by molar-refractivity contribution is 9.10. The van der Waals surface area contributed by atoms with E-state index in [1.807, 2.05) is 12.1 Å². The van der Waals surface area contributed by atoms with Crippen molar-refractivity contribution in [3.05, 3.63) is 34.1 Å². The molecule has 0 heterocycles. The molecule has 1 aromatic rings. The molecule has 0 bridgehead atoms. The van der Waals surface area contributed by atoms with Crippen LogP contribution in [0.4, 0.5) is 4.39 Å². The number of hydrogen-bond acceptors (Lipinski definition) is 2. The third-order valence-corrected chi connectivity index (χ3v) is 3.19. The molecule has 0 atom stereocenters.